The first-order chi connectivity index (χ1) is 9.56. The van der Waals surface area contributed by atoms with Crippen LogP contribution >= 0.6 is 0 Å². The summed E-state index contributed by atoms with van der Waals surface area (Å²) < 4.78 is 18.4. The third-order valence-electron chi connectivity index (χ3n) is 2.81. The Morgan fingerprint density at radius 3 is 2.65 bits per heavy atom. The summed E-state index contributed by atoms with van der Waals surface area (Å²) in [4.78, 5) is 23.4. The lowest BCUT2D eigenvalue weighted by molar-refractivity contribution is -0.145. The van der Waals surface area contributed by atoms with Gasteiger partial charge in [0.2, 0.25) is 0 Å². The van der Waals surface area contributed by atoms with Crippen molar-refractivity contribution in [2.45, 2.75) is 39.2 Å². The van der Waals surface area contributed by atoms with Crippen LogP contribution in [-0.4, -0.2) is 24.5 Å². The minimum Gasteiger partial charge on any atom is -0.464 e. The molecule has 110 valence electrons. The zero-order chi connectivity index (χ0) is 15.0. The lowest BCUT2D eigenvalue weighted by Crippen LogP contribution is -2.40. The van der Waals surface area contributed by atoms with Crippen molar-refractivity contribution in [1.29, 1.82) is 0 Å². The van der Waals surface area contributed by atoms with Gasteiger partial charge >= 0.3 is 5.97 Å². The van der Waals surface area contributed by atoms with Gasteiger partial charge in [-0.05, 0) is 25.5 Å². The second-order valence-corrected chi connectivity index (χ2v) is 4.55. The molecule has 0 heterocycles. The van der Waals surface area contributed by atoms with Crippen molar-refractivity contribution >= 4 is 11.9 Å². The highest BCUT2D eigenvalue weighted by Crippen LogP contribution is 2.06. The lowest BCUT2D eigenvalue weighted by atomic mass is 10.2. The SMILES string of the molecule is CCCCCOC(=O)[C@H](C)NC(=O)c1ccccc1F. The molecule has 1 atom stereocenters. The third-order valence-corrected chi connectivity index (χ3v) is 2.81. The molecule has 1 amide bonds. The van der Waals surface area contributed by atoms with E-state index in [1.165, 1.54) is 25.1 Å². The average molecular weight is 281 g/mol. The molecule has 1 aromatic rings. The molecule has 0 radical (unpaired) electrons. The molecule has 1 rings (SSSR count). The van der Waals surface area contributed by atoms with E-state index in [1.807, 2.05) is 0 Å². The molecule has 0 aliphatic heterocycles. The number of unbranched alkanes of at least 4 members (excludes halogenated alkanes) is 2. The molecule has 0 saturated heterocycles. The number of nitrogens with one attached hydrogen (secondary N) is 1. The molecule has 0 unspecified atom stereocenters. The summed E-state index contributed by atoms with van der Waals surface area (Å²) in [6.45, 7) is 3.91. The first-order valence-electron chi connectivity index (χ1n) is 6.78. The van der Waals surface area contributed by atoms with Gasteiger partial charge in [0.25, 0.3) is 5.91 Å². The number of rotatable bonds is 7. The minimum atomic E-state index is -0.802. The summed E-state index contributed by atoms with van der Waals surface area (Å²) in [6, 6.07) is 4.82. The van der Waals surface area contributed by atoms with E-state index >= 15 is 0 Å². The maximum Gasteiger partial charge on any atom is 0.328 e. The molecule has 0 fully saturated rings. The summed E-state index contributed by atoms with van der Waals surface area (Å²) in [5.74, 6) is -1.75. The van der Waals surface area contributed by atoms with E-state index in [0.29, 0.717) is 6.61 Å². The summed E-state index contributed by atoms with van der Waals surface area (Å²) in [6.07, 6.45) is 2.83. The van der Waals surface area contributed by atoms with E-state index in [4.69, 9.17) is 4.74 Å². The van der Waals surface area contributed by atoms with Crippen molar-refractivity contribution in [1.82, 2.24) is 5.32 Å². The van der Waals surface area contributed by atoms with Crippen LogP contribution in [0, 0.1) is 5.82 Å². The number of esters is 1. The van der Waals surface area contributed by atoms with Crippen LogP contribution in [0.1, 0.15) is 43.5 Å². The van der Waals surface area contributed by atoms with Gasteiger partial charge in [0.05, 0.1) is 12.2 Å². The fourth-order valence-electron chi connectivity index (χ4n) is 1.63. The molecule has 4 nitrogen and oxygen atoms in total. The van der Waals surface area contributed by atoms with Gasteiger partial charge in [-0.25, -0.2) is 9.18 Å². The van der Waals surface area contributed by atoms with Gasteiger partial charge in [-0.15, -0.1) is 0 Å². The van der Waals surface area contributed by atoms with E-state index in [-0.39, 0.29) is 5.56 Å². The maximum absolute atomic E-state index is 13.4. The summed E-state index contributed by atoms with van der Waals surface area (Å²) in [5, 5.41) is 2.42. The molecule has 0 bridgehead atoms. The Bertz CT molecular complexity index is 462. The normalized spacial score (nSPS) is 11.8. The maximum atomic E-state index is 13.4. The quantitative estimate of drug-likeness (QED) is 0.617. The van der Waals surface area contributed by atoms with Gasteiger partial charge in [0.15, 0.2) is 0 Å². The van der Waals surface area contributed by atoms with Crippen molar-refractivity contribution in [3.05, 3.63) is 35.6 Å². The second kappa shape index (κ2) is 8.30. The van der Waals surface area contributed by atoms with Crippen molar-refractivity contribution in [2.75, 3.05) is 6.61 Å². The highest BCUT2D eigenvalue weighted by molar-refractivity contribution is 5.96. The Morgan fingerprint density at radius 2 is 2.00 bits per heavy atom. The van der Waals surface area contributed by atoms with E-state index in [1.54, 1.807) is 6.07 Å². The van der Waals surface area contributed by atoms with Crippen LogP contribution < -0.4 is 5.32 Å². The van der Waals surface area contributed by atoms with Crippen LogP contribution in [0.4, 0.5) is 4.39 Å². The molecule has 0 aliphatic carbocycles. The number of carbonyl (C=O) groups excluding carboxylic acids is 2. The van der Waals surface area contributed by atoms with Crippen molar-refractivity contribution < 1.29 is 18.7 Å². The Hall–Kier alpha value is -1.91. The number of halogens is 1. The van der Waals surface area contributed by atoms with Crippen LogP contribution in [0.25, 0.3) is 0 Å². The number of amides is 1. The molecule has 5 heteroatoms. The molecular formula is C15H20FNO3. The molecule has 0 aromatic heterocycles. The van der Waals surface area contributed by atoms with Crippen LogP contribution in [0.5, 0.6) is 0 Å². The second-order valence-electron chi connectivity index (χ2n) is 4.55. The van der Waals surface area contributed by atoms with E-state index in [0.717, 1.165) is 19.3 Å². The largest absolute Gasteiger partial charge is 0.464 e. The number of carbonyl (C=O) groups is 2. The molecule has 0 spiro atoms. The Kier molecular flexibility index (Phi) is 6.70. The molecule has 20 heavy (non-hydrogen) atoms. The molecular weight excluding hydrogens is 261 g/mol. The van der Waals surface area contributed by atoms with Gasteiger partial charge in [0.1, 0.15) is 11.9 Å². The van der Waals surface area contributed by atoms with Gasteiger partial charge in [0, 0.05) is 0 Å². The number of hydrogen-bond acceptors (Lipinski definition) is 3. The van der Waals surface area contributed by atoms with Gasteiger partial charge in [-0.1, -0.05) is 31.9 Å². The monoisotopic (exact) mass is 281 g/mol. The topological polar surface area (TPSA) is 55.4 Å². The Morgan fingerprint density at radius 1 is 1.30 bits per heavy atom. The van der Waals surface area contributed by atoms with E-state index < -0.39 is 23.7 Å². The van der Waals surface area contributed by atoms with Crippen molar-refractivity contribution in [3.63, 3.8) is 0 Å². The lowest BCUT2D eigenvalue weighted by Gasteiger charge is -2.13. The first-order valence-corrected chi connectivity index (χ1v) is 6.78. The Labute approximate surface area is 118 Å². The standard InChI is InChI=1S/C15H20FNO3/c1-3-4-7-10-20-15(19)11(2)17-14(18)12-8-5-6-9-13(12)16/h5-6,8-9,11H,3-4,7,10H2,1-2H3,(H,17,18)/t11-/m0/s1. The van der Waals surface area contributed by atoms with E-state index in [9.17, 15) is 14.0 Å². The fourth-order valence-corrected chi connectivity index (χ4v) is 1.63. The molecule has 1 N–H and O–H groups in total. The van der Waals surface area contributed by atoms with Crippen LogP contribution in [-0.2, 0) is 9.53 Å². The van der Waals surface area contributed by atoms with Crippen molar-refractivity contribution in [3.8, 4) is 0 Å². The highest BCUT2D eigenvalue weighted by atomic mass is 19.1. The first kappa shape index (κ1) is 16.1. The van der Waals surface area contributed by atoms with E-state index in [2.05, 4.69) is 12.2 Å². The third kappa shape index (κ3) is 4.99. The zero-order valence-electron chi connectivity index (χ0n) is 11.8. The average Bonchev–Trinajstić information content (AvgIpc) is 2.43. The van der Waals surface area contributed by atoms with Gasteiger partial charge in [-0.3, -0.25) is 4.79 Å². The predicted molar refractivity (Wildman–Crippen MR) is 73.8 cm³/mol. The fraction of sp³-hybridized carbons (Fsp3) is 0.467. The molecule has 0 saturated carbocycles. The van der Waals surface area contributed by atoms with Gasteiger partial charge in [-0.2, -0.15) is 0 Å². The minimum absolute atomic E-state index is 0.0851. The predicted octanol–water partition coefficient (Wildman–Crippen LogP) is 2.68. The smallest absolute Gasteiger partial charge is 0.328 e. The number of benzene rings is 1. The summed E-state index contributed by atoms with van der Waals surface area (Å²) >= 11 is 0. The van der Waals surface area contributed by atoms with Gasteiger partial charge < -0.3 is 10.1 Å². The number of hydrogen-bond donors (Lipinski definition) is 1. The Balaban J connectivity index is 2.45. The van der Waals surface area contributed by atoms with Crippen LogP contribution in [0.2, 0.25) is 0 Å². The summed E-state index contributed by atoms with van der Waals surface area (Å²) in [5.41, 5.74) is -0.0851. The van der Waals surface area contributed by atoms with Crippen molar-refractivity contribution in [2.24, 2.45) is 0 Å². The zero-order valence-corrected chi connectivity index (χ0v) is 11.8. The molecule has 1 aromatic carbocycles. The highest BCUT2D eigenvalue weighted by Gasteiger charge is 2.19. The van der Waals surface area contributed by atoms with Crippen LogP contribution in [0.15, 0.2) is 24.3 Å². The summed E-state index contributed by atoms with van der Waals surface area (Å²) in [7, 11) is 0. The number of ether oxygens (including phenoxy) is 1. The van der Waals surface area contributed by atoms with Crippen LogP contribution in [0.3, 0.4) is 0 Å². The molecule has 0 aliphatic rings.